The number of benzene rings is 1. The number of likely N-dealkylation sites (tertiary alicyclic amines) is 1. The first-order valence-electron chi connectivity index (χ1n) is 6.28. The lowest BCUT2D eigenvalue weighted by Gasteiger charge is -2.36. The van der Waals surface area contributed by atoms with Crippen molar-refractivity contribution in [2.75, 3.05) is 13.1 Å². The standard InChI is InChI=1S/C14H20N2O2/c1-9-4-5-10(2)13(6-9)11(3)15-14(18)16-7-12(17)8-16/h4-6,11-12,17H,7-8H2,1-3H3,(H,15,18). The van der Waals surface area contributed by atoms with E-state index in [1.165, 1.54) is 11.1 Å². The number of hydrogen-bond donors (Lipinski definition) is 2. The highest BCUT2D eigenvalue weighted by molar-refractivity contribution is 5.75. The first kappa shape index (κ1) is 12.9. The van der Waals surface area contributed by atoms with Gasteiger partial charge in [-0.15, -0.1) is 0 Å². The Morgan fingerprint density at radius 1 is 1.44 bits per heavy atom. The van der Waals surface area contributed by atoms with Crippen LogP contribution in [-0.4, -0.2) is 35.2 Å². The fraction of sp³-hybridized carbons (Fsp3) is 0.500. The van der Waals surface area contributed by atoms with Gasteiger partial charge in [-0.05, 0) is 31.9 Å². The second kappa shape index (κ2) is 4.98. The van der Waals surface area contributed by atoms with Crippen molar-refractivity contribution in [3.05, 3.63) is 34.9 Å². The zero-order valence-corrected chi connectivity index (χ0v) is 11.1. The molecule has 1 unspecified atom stereocenters. The zero-order chi connectivity index (χ0) is 13.3. The van der Waals surface area contributed by atoms with Crippen molar-refractivity contribution in [1.29, 1.82) is 0 Å². The van der Waals surface area contributed by atoms with Crippen LogP contribution in [0, 0.1) is 13.8 Å². The average molecular weight is 248 g/mol. The third-order valence-corrected chi connectivity index (χ3v) is 3.39. The zero-order valence-electron chi connectivity index (χ0n) is 11.1. The molecular weight excluding hydrogens is 228 g/mol. The van der Waals surface area contributed by atoms with E-state index in [1.807, 2.05) is 20.8 Å². The smallest absolute Gasteiger partial charge is 0.318 e. The van der Waals surface area contributed by atoms with Gasteiger partial charge in [-0.2, -0.15) is 0 Å². The number of β-amino-alcohol motifs (C(OH)–C–C–N with tert-alkyl or cyclic N) is 1. The topological polar surface area (TPSA) is 52.6 Å². The number of hydrogen-bond acceptors (Lipinski definition) is 2. The molecule has 0 aliphatic carbocycles. The molecule has 2 amide bonds. The molecule has 0 radical (unpaired) electrons. The number of nitrogens with zero attached hydrogens (tertiary/aromatic N) is 1. The van der Waals surface area contributed by atoms with Gasteiger partial charge in [0.05, 0.1) is 25.2 Å². The van der Waals surface area contributed by atoms with Gasteiger partial charge in [0, 0.05) is 0 Å². The molecule has 2 N–H and O–H groups in total. The van der Waals surface area contributed by atoms with E-state index in [1.54, 1.807) is 4.90 Å². The predicted octanol–water partition coefficient (Wildman–Crippen LogP) is 1.75. The van der Waals surface area contributed by atoms with Gasteiger partial charge in [0.25, 0.3) is 0 Å². The number of nitrogens with one attached hydrogen (secondary N) is 1. The second-order valence-electron chi connectivity index (χ2n) is 5.09. The number of aryl methyl sites for hydroxylation is 2. The maximum absolute atomic E-state index is 11.9. The molecule has 1 fully saturated rings. The summed E-state index contributed by atoms with van der Waals surface area (Å²) in [5.41, 5.74) is 3.51. The van der Waals surface area contributed by atoms with Crippen molar-refractivity contribution in [3.63, 3.8) is 0 Å². The van der Waals surface area contributed by atoms with Gasteiger partial charge in [-0.25, -0.2) is 4.79 Å². The highest BCUT2D eigenvalue weighted by Crippen LogP contribution is 2.19. The van der Waals surface area contributed by atoms with Gasteiger partial charge in [-0.3, -0.25) is 0 Å². The fourth-order valence-electron chi connectivity index (χ4n) is 2.20. The molecule has 1 aliphatic heterocycles. The van der Waals surface area contributed by atoms with E-state index in [4.69, 9.17) is 0 Å². The first-order valence-corrected chi connectivity index (χ1v) is 6.28. The van der Waals surface area contributed by atoms with Crippen LogP contribution in [0.2, 0.25) is 0 Å². The van der Waals surface area contributed by atoms with E-state index in [-0.39, 0.29) is 18.2 Å². The molecule has 0 saturated carbocycles. The van der Waals surface area contributed by atoms with Crippen molar-refractivity contribution < 1.29 is 9.90 Å². The molecule has 1 heterocycles. The maximum Gasteiger partial charge on any atom is 0.318 e. The van der Waals surface area contributed by atoms with Crippen LogP contribution in [0.25, 0.3) is 0 Å². The molecule has 98 valence electrons. The Balaban J connectivity index is 2.01. The van der Waals surface area contributed by atoms with Crippen molar-refractivity contribution in [1.82, 2.24) is 10.2 Å². The molecular formula is C14H20N2O2. The van der Waals surface area contributed by atoms with Crippen LogP contribution < -0.4 is 5.32 Å². The summed E-state index contributed by atoms with van der Waals surface area (Å²) in [6, 6.07) is 6.12. The van der Waals surface area contributed by atoms with E-state index >= 15 is 0 Å². The van der Waals surface area contributed by atoms with Crippen LogP contribution >= 0.6 is 0 Å². The van der Waals surface area contributed by atoms with Crippen molar-refractivity contribution in [3.8, 4) is 0 Å². The van der Waals surface area contributed by atoms with Crippen LogP contribution in [0.1, 0.15) is 29.7 Å². The van der Waals surface area contributed by atoms with E-state index in [9.17, 15) is 9.90 Å². The van der Waals surface area contributed by atoms with Crippen molar-refractivity contribution >= 4 is 6.03 Å². The molecule has 2 rings (SSSR count). The molecule has 0 bridgehead atoms. The van der Waals surface area contributed by atoms with E-state index in [0.29, 0.717) is 13.1 Å². The Morgan fingerprint density at radius 3 is 2.72 bits per heavy atom. The summed E-state index contributed by atoms with van der Waals surface area (Å²) in [6.45, 7) is 6.95. The Bertz CT molecular complexity index is 453. The van der Waals surface area contributed by atoms with Crippen LogP contribution in [0.5, 0.6) is 0 Å². The third-order valence-electron chi connectivity index (χ3n) is 3.39. The predicted molar refractivity (Wildman–Crippen MR) is 70.4 cm³/mol. The molecule has 18 heavy (non-hydrogen) atoms. The minimum Gasteiger partial charge on any atom is -0.389 e. The van der Waals surface area contributed by atoms with E-state index in [0.717, 1.165) is 5.56 Å². The molecule has 1 saturated heterocycles. The van der Waals surface area contributed by atoms with Crippen molar-refractivity contribution in [2.45, 2.75) is 32.9 Å². The number of aliphatic hydroxyl groups excluding tert-OH is 1. The average Bonchev–Trinajstić information content (AvgIpc) is 2.27. The maximum atomic E-state index is 11.9. The van der Waals surface area contributed by atoms with E-state index < -0.39 is 0 Å². The fourth-order valence-corrected chi connectivity index (χ4v) is 2.20. The van der Waals surface area contributed by atoms with Crippen LogP contribution in [-0.2, 0) is 0 Å². The Labute approximate surface area is 108 Å². The van der Waals surface area contributed by atoms with Crippen LogP contribution in [0.3, 0.4) is 0 Å². The number of aliphatic hydroxyl groups is 1. The summed E-state index contributed by atoms with van der Waals surface area (Å²) in [5, 5.41) is 12.1. The summed E-state index contributed by atoms with van der Waals surface area (Å²) < 4.78 is 0. The summed E-state index contributed by atoms with van der Waals surface area (Å²) in [6.07, 6.45) is -0.355. The van der Waals surface area contributed by atoms with E-state index in [2.05, 4.69) is 23.5 Å². The monoisotopic (exact) mass is 248 g/mol. The van der Waals surface area contributed by atoms with Crippen LogP contribution in [0.4, 0.5) is 4.79 Å². The molecule has 4 nitrogen and oxygen atoms in total. The Kier molecular flexibility index (Phi) is 3.57. The lowest BCUT2D eigenvalue weighted by atomic mass is 10.00. The highest BCUT2D eigenvalue weighted by atomic mass is 16.3. The SMILES string of the molecule is Cc1ccc(C)c(C(C)NC(=O)N2CC(O)C2)c1. The van der Waals surface area contributed by atoms with Gasteiger partial charge in [0.15, 0.2) is 0 Å². The highest BCUT2D eigenvalue weighted by Gasteiger charge is 2.29. The minimum atomic E-state index is -0.355. The van der Waals surface area contributed by atoms with Crippen molar-refractivity contribution in [2.24, 2.45) is 0 Å². The Morgan fingerprint density at radius 2 is 2.11 bits per heavy atom. The van der Waals surface area contributed by atoms with Crippen LogP contribution in [0.15, 0.2) is 18.2 Å². The summed E-state index contributed by atoms with van der Waals surface area (Å²) in [4.78, 5) is 13.5. The summed E-state index contributed by atoms with van der Waals surface area (Å²) in [7, 11) is 0. The van der Waals surface area contributed by atoms with Gasteiger partial charge < -0.3 is 15.3 Å². The number of carbonyl (C=O) groups is 1. The number of rotatable bonds is 2. The van der Waals surface area contributed by atoms with Gasteiger partial charge in [0.1, 0.15) is 0 Å². The number of urea groups is 1. The molecule has 1 atom stereocenters. The molecule has 4 heteroatoms. The molecule has 1 aromatic rings. The van der Waals surface area contributed by atoms with Gasteiger partial charge in [-0.1, -0.05) is 23.8 Å². The number of amides is 2. The summed E-state index contributed by atoms with van der Waals surface area (Å²) in [5.74, 6) is 0. The lowest BCUT2D eigenvalue weighted by Crippen LogP contribution is -2.56. The second-order valence-corrected chi connectivity index (χ2v) is 5.09. The molecule has 1 aromatic carbocycles. The van der Waals surface area contributed by atoms with Gasteiger partial charge >= 0.3 is 6.03 Å². The van der Waals surface area contributed by atoms with Gasteiger partial charge in [0.2, 0.25) is 0 Å². The third kappa shape index (κ3) is 2.64. The molecule has 1 aliphatic rings. The normalized spacial score (nSPS) is 17.2. The summed E-state index contributed by atoms with van der Waals surface area (Å²) >= 11 is 0. The Hall–Kier alpha value is -1.55. The quantitative estimate of drug-likeness (QED) is 0.837. The largest absolute Gasteiger partial charge is 0.389 e. The first-order chi connectivity index (χ1) is 8.47. The molecule has 0 aromatic heterocycles. The lowest BCUT2D eigenvalue weighted by molar-refractivity contribution is 0.0259. The minimum absolute atomic E-state index is 0.0184. The number of carbonyl (C=O) groups excluding carboxylic acids is 1. The molecule has 0 spiro atoms.